The van der Waals surface area contributed by atoms with Crippen molar-refractivity contribution in [1.82, 2.24) is 14.9 Å². The van der Waals surface area contributed by atoms with E-state index in [9.17, 15) is 4.79 Å². The number of amides is 1. The highest BCUT2D eigenvalue weighted by Crippen LogP contribution is 2.41. The van der Waals surface area contributed by atoms with Gasteiger partial charge in [0.2, 0.25) is 5.91 Å². The highest BCUT2D eigenvalue weighted by molar-refractivity contribution is 7.99. The van der Waals surface area contributed by atoms with Crippen molar-refractivity contribution in [3.8, 4) is 11.5 Å². The molecule has 1 saturated heterocycles. The fraction of sp³-hybridized carbons (Fsp3) is 0.389. The number of thioether (sulfide) groups is 1. The van der Waals surface area contributed by atoms with Gasteiger partial charge in [-0.15, -0.1) is 11.8 Å². The van der Waals surface area contributed by atoms with Gasteiger partial charge in [-0.3, -0.25) is 14.8 Å². The second-order valence-electron chi connectivity index (χ2n) is 5.76. The molecule has 1 amide bonds. The molecule has 1 aliphatic heterocycles. The van der Waals surface area contributed by atoms with Crippen LogP contribution in [0.25, 0.3) is 0 Å². The van der Waals surface area contributed by atoms with Gasteiger partial charge in [-0.1, -0.05) is 6.07 Å². The molecule has 2 heterocycles. The average molecular weight is 359 g/mol. The fourth-order valence-electron chi connectivity index (χ4n) is 2.75. The standard InChI is InChI=1S/C18H21N3O3S/c1-12-9-20-14(10-19-12)11-21-17(22)6-7-25-18(21)13-4-5-15(23-2)16(8-13)24-3/h4-5,8-10,18H,6-7,11H2,1-3H3. The Kier molecular flexibility index (Phi) is 5.43. The van der Waals surface area contributed by atoms with E-state index in [0.717, 1.165) is 22.7 Å². The lowest BCUT2D eigenvalue weighted by atomic mass is 10.1. The number of rotatable bonds is 5. The first-order valence-corrected chi connectivity index (χ1v) is 9.07. The molecule has 7 heteroatoms. The van der Waals surface area contributed by atoms with E-state index >= 15 is 0 Å². The molecule has 132 valence electrons. The molecule has 0 spiro atoms. The second-order valence-corrected chi connectivity index (χ2v) is 6.95. The maximum atomic E-state index is 12.5. The van der Waals surface area contributed by atoms with Gasteiger partial charge in [-0.05, 0) is 24.6 Å². The maximum absolute atomic E-state index is 12.5. The summed E-state index contributed by atoms with van der Waals surface area (Å²) in [6.45, 7) is 2.34. The second kappa shape index (κ2) is 7.74. The molecule has 1 atom stereocenters. The number of benzene rings is 1. The number of methoxy groups -OCH3 is 2. The first kappa shape index (κ1) is 17.5. The summed E-state index contributed by atoms with van der Waals surface area (Å²) in [4.78, 5) is 23.1. The van der Waals surface area contributed by atoms with E-state index in [1.807, 2.05) is 30.0 Å². The molecule has 1 unspecified atom stereocenters. The molecule has 0 aliphatic carbocycles. The molecule has 1 aromatic heterocycles. The molecule has 0 saturated carbocycles. The zero-order chi connectivity index (χ0) is 17.8. The van der Waals surface area contributed by atoms with Crippen LogP contribution in [0.3, 0.4) is 0 Å². The van der Waals surface area contributed by atoms with Gasteiger partial charge in [0.15, 0.2) is 11.5 Å². The van der Waals surface area contributed by atoms with Crippen molar-refractivity contribution in [3.63, 3.8) is 0 Å². The predicted octanol–water partition coefficient (Wildman–Crippen LogP) is 2.97. The molecule has 1 aliphatic rings. The Morgan fingerprint density at radius 1 is 1.20 bits per heavy atom. The van der Waals surface area contributed by atoms with Crippen LogP contribution in [0, 0.1) is 6.92 Å². The number of hydrogen-bond donors (Lipinski definition) is 0. The highest BCUT2D eigenvalue weighted by Gasteiger charge is 2.30. The summed E-state index contributed by atoms with van der Waals surface area (Å²) < 4.78 is 10.7. The lowest BCUT2D eigenvalue weighted by Crippen LogP contribution is -2.37. The first-order valence-electron chi connectivity index (χ1n) is 8.03. The SMILES string of the molecule is COc1ccc(C2SCCC(=O)N2Cc2cnc(C)cn2)cc1OC. The fourth-order valence-corrected chi connectivity index (χ4v) is 3.98. The molecule has 0 radical (unpaired) electrons. The van der Waals surface area contributed by atoms with Crippen LogP contribution in [0.5, 0.6) is 11.5 Å². The van der Waals surface area contributed by atoms with Crippen LogP contribution in [-0.4, -0.2) is 40.7 Å². The van der Waals surface area contributed by atoms with Crippen LogP contribution >= 0.6 is 11.8 Å². The van der Waals surface area contributed by atoms with Crippen molar-refractivity contribution in [2.75, 3.05) is 20.0 Å². The molecule has 0 bridgehead atoms. The number of nitrogens with zero attached hydrogens (tertiary/aromatic N) is 3. The monoisotopic (exact) mass is 359 g/mol. The Morgan fingerprint density at radius 3 is 2.68 bits per heavy atom. The van der Waals surface area contributed by atoms with Crippen molar-refractivity contribution >= 4 is 17.7 Å². The van der Waals surface area contributed by atoms with Crippen LogP contribution in [0.2, 0.25) is 0 Å². The summed E-state index contributed by atoms with van der Waals surface area (Å²) in [5, 5.41) is -0.0795. The molecule has 3 rings (SSSR count). The van der Waals surface area contributed by atoms with Gasteiger partial charge in [0.05, 0.1) is 38.3 Å². The summed E-state index contributed by atoms with van der Waals surface area (Å²) in [5.41, 5.74) is 2.65. The minimum atomic E-state index is -0.0795. The highest BCUT2D eigenvalue weighted by atomic mass is 32.2. The van der Waals surface area contributed by atoms with Gasteiger partial charge < -0.3 is 14.4 Å². The van der Waals surface area contributed by atoms with Crippen molar-refractivity contribution in [2.45, 2.75) is 25.3 Å². The summed E-state index contributed by atoms with van der Waals surface area (Å²) in [6, 6.07) is 5.78. The van der Waals surface area contributed by atoms with E-state index in [2.05, 4.69) is 9.97 Å². The lowest BCUT2D eigenvalue weighted by molar-refractivity contribution is -0.132. The third-order valence-corrected chi connectivity index (χ3v) is 5.34. The topological polar surface area (TPSA) is 64.5 Å². The summed E-state index contributed by atoms with van der Waals surface area (Å²) in [6.07, 6.45) is 3.99. The molecular formula is C18H21N3O3S. The predicted molar refractivity (Wildman–Crippen MR) is 96.7 cm³/mol. The van der Waals surface area contributed by atoms with Crippen LogP contribution in [0.15, 0.2) is 30.6 Å². The van der Waals surface area contributed by atoms with Gasteiger partial charge in [-0.2, -0.15) is 0 Å². The van der Waals surface area contributed by atoms with E-state index in [1.54, 1.807) is 38.4 Å². The van der Waals surface area contributed by atoms with Gasteiger partial charge in [-0.25, -0.2) is 0 Å². The Morgan fingerprint density at radius 2 is 2.00 bits per heavy atom. The number of carbonyl (C=O) groups excluding carboxylic acids is 1. The van der Waals surface area contributed by atoms with Gasteiger partial charge in [0, 0.05) is 18.4 Å². The van der Waals surface area contributed by atoms with Crippen LogP contribution in [0.1, 0.15) is 28.7 Å². The van der Waals surface area contributed by atoms with Crippen molar-refractivity contribution in [3.05, 3.63) is 47.5 Å². The van der Waals surface area contributed by atoms with Crippen molar-refractivity contribution in [2.24, 2.45) is 0 Å². The number of ether oxygens (including phenoxy) is 2. The lowest BCUT2D eigenvalue weighted by Gasteiger charge is -2.35. The number of carbonyl (C=O) groups is 1. The normalized spacial score (nSPS) is 17.5. The zero-order valence-electron chi connectivity index (χ0n) is 14.6. The molecule has 6 nitrogen and oxygen atoms in total. The number of aromatic nitrogens is 2. The van der Waals surface area contributed by atoms with Crippen LogP contribution < -0.4 is 9.47 Å². The third-order valence-electron chi connectivity index (χ3n) is 4.05. The van der Waals surface area contributed by atoms with Gasteiger partial charge in [0.1, 0.15) is 5.37 Å². The minimum Gasteiger partial charge on any atom is -0.493 e. The maximum Gasteiger partial charge on any atom is 0.224 e. The number of hydrogen-bond acceptors (Lipinski definition) is 6. The van der Waals surface area contributed by atoms with Gasteiger partial charge >= 0.3 is 0 Å². The Balaban J connectivity index is 1.89. The summed E-state index contributed by atoms with van der Waals surface area (Å²) in [7, 11) is 3.22. The Hall–Kier alpha value is -2.28. The van der Waals surface area contributed by atoms with E-state index < -0.39 is 0 Å². The van der Waals surface area contributed by atoms with Crippen LogP contribution in [-0.2, 0) is 11.3 Å². The molecule has 1 aromatic carbocycles. The quantitative estimate of drug-likeness (QED) is 0.818. The minimum absolute atomic E-state index is 0.0795. The van der Waals surface area contributed by atoms with E-state index in [0.29, 0.717) is 24.5 Å². The molecule has 2 aromatic rings. The number of aryl methyl sites for hydroxylation is 1. The molecule has 0 N–H and O–H groups in total. The Bertz CT molecular complexity index is 752. The van der Waals surface area contributed by atoms with Crippen LogP contribution in [0.4, 0.5) is 0 Å². The van der Waals surface area contributed by atoms with Crippen molar-refractivity contribution in [1.29, 1.82) is 0 Å². The third kappa shape index (κ3) is 3.87. The molecule has 1 fully saturated rings. The van der Waals surface area contributed by atoms with E-state index in [-0.39, 0.29) is 11.3 Å². The zero-order valence-corrected chi connectivity index (χ0v) is 15.4. The summed E-state index contributed by atoms with van der Waals surface area (Å²) >= 11 is 1.74. The molecular weight excluding hydrogens is 338 g/mol. The molecule has 25 heavy (non-hydrogen) atoms. The summed E-state index contributed by atoms with van der Waals surface area (Å²) in [5.74, 6) is 2.26. The Labute approximate surface area is 151 Å². The average Bonchev–Trinajstić information content (AvgIpc) is 2.64. The largest absolute Gasteiger partial charge is 0.493 e. The van der Waals surface area contributed by atoms with E-state index in [4.69, 9.17) is 9.47 Å². The van der Waals surface area contributed by atoms with E-state index in [1.165, 1.54) is 0 Å². The van der Waals surface area contributed by atoms with Crippen molar-refractivity contribution < 1.29 is 14.3 Å². The van der Waals surface area contributed by atoms with Gasteiger partial charge in [0.25, 0.3) is 0 Å². The first-order chi connectivity index (χ1) is 12.1. The smallest absolute Gasteiger partial charge is 0.224 e.